The number of hydrogen-bond acceptors (Lipinski definition) is 7. The fraction of sp³-hybridized carbons (Fsp3) is 0.190. The standard InChI is InChI=1S/C21H20N6O2S/c1-13-9-10-17(11-14(13)2)27-19(16-7-5-4-6-8-16)24-25-21(27)30-12-18(28)23-20-22-15(3)26-29-20/h4-11H,12H2,1-3H3,(H,22,23,26,28). The molecule has 1 amide bonds. The van der Waals surface area contributed by atoms with E-state index < -0.39 is 0 Å². The number of hydrogen-bond donors (Lipinski definition) is 1. The van der Waals surface area contributed by atoms with Crippen molar-refractivity contribution in [1.82, 2.24) is 24.9 Å². The first kappa shape index (κ1) is 19.8. The third-order valence-corrected chi connectivity index (χ3v) is 5.45. The van der Waals surface area contributed by atoms with Crippen LogP contribution >= 0.6 is 11.8 Å². The first-order valence-corrected chi connectivity index (χ1v) is 10.3. The van der Waals surface area contributed by atoms with E-state index in [-0.39, 0.29) is 17.7 Å². The van der Waals surface area contributed by atoms with Crippen LogP contribution in [-0.2, 0) is 4.79 Å². The predicted molar refractivity (Wildman–Crippen MR) is 115 cm³/mol. The summed E-state index contributed by atoms with van der Waals surface area (Å²) in [4.78, 5) is 16.3. The molecule has 0 fully saturated rings. The van der Waals surface area contributed by atoms with E-state index in [1.807, 2.05) is 41.0 Å². The van der Waals surface area contributed by atoms with E-state index in [2.05, 4.69) is 51.6 Å². The van der Waals surface area contributed by atoms with Crippen LogP contribution in [-0.4, -0.2) is 36.6 Å². The Hall–Kier alpha value is -3.46. The summed E-state index contributed by atoms with van der Waals surface area (Å²) in [5.74, 6) is 1.04. The SMILES string of the molecule is Cc1noc(NC(=O)CSc2nnc(-c3ccccc3)n2-c2ccc(C)c(C)c2)n1. The smallest absolute Gasteiger partial charge is 0.315 e. The zero-order valence-corrected chi connectivity index (χ0v) is 17.6. The van der Waals surface area contributed by atoms with Crippen molar-refractivity contribution in [2.24, 2.45) is 0 Å². The number of aromatic nitrogens is 5. The average Bonchev–Trinajstić information content (AvgIpc) is 3.35. The van der Waals surface area contributed by atoms with Gasteiger partial charge in [0.1, 0.15) is 0 Å². The number of aryl methyl sites for hydroxylation is 3. The maximum atomic E-state index is 12.3. The molecule has 0 saturated heterocycles. The molecule has 152 valence electrons. The van der Waals surface area contributed by atoms with Crippen LogP contribution in [0.3, 0.4) is 0 Å². The molecule has 2 aromatic carbocycles. The second-order valence-corrected chi connectivity index (χ2v) is 7.70. The van der Waals surface area contributed by atoms with E-state index in [0.717, 1.165) is 11.3 Å². The third-order valence-electron chi connectivity index (χ3n) is 4.52. The van der Waals surface area contributed by atoms with Crippen molar-refractivity contribution in [3.8, 4) is 17.1 Å². The molecule has 4 aromatic rings. The highest BCUT2D eigenvalue weighted by atomic mass is 32.2. The van der Waals surface area contributed by atoms with Crippen LogP contribution in [0.25, 0.3) is 17.1 Å². The number of anilines is 1. The molecule has 2 heterocycles. The molecule has 0 unspecified atom stereocenters. The van der Waals surface area contributed by atoms with E-state index >= 15 is 0 Å². The molecule has 0 aliphatic carbocycles. The second-order valence-electron chi connectivity index (χ2n) is 6.76. The Balaban J connectivity index is 1.63. The number of amides is 1. The molecular weight excluding hydrogens is 400 g/mol. The summed E-state index contributed by atoms with van der Waals surface area (Å²) in [5.41, 5.74) is 4.26. The van der Waals surface area contributed by atoms with Crippen molar-refractivity contribution in [3.63, 3.8) is 0 Å². The molecule has 0 radical (unpaired) electrons. The Kier molecular flexibility index (Phi) is 5.62. The number of nitrogens with one attached hydrogen (secondary N) is 1. The van der Waals surface area contributed by atoms with Crippen LogP contribution in [0.5, 0.6) is 0 Å². The van der Waals surface area contributed by atoms with Gasteiger partial charge in [-0.15, -0.1) is 10.2 Å². The van der Waals surface area contributed by atoms with Gasteiger partial charge < -0.3 is 4.52 Å². The zero-order chi connectivity index (χ0) is 21.1. The molecule has 9 heteroatoms. The normalized spacial score (nSPS) is 10.9. The van der Waals surface area contributed by atoms with E-state index in [0.29, 0.717) is 16.8 Å². The van der Waals surface area contributed by atoms with Crippen LogP contribution in [0.4, 0.5) is 6.01 Å². The number of carbonyl (C=O) groups is 1. The van der Waals surface area contributed by atoms with Crippen LogP contribution in [0.15, 0.2) is 58.2 Å². The highest BCUT2D eigenvalue weighted by molar-refractivity contribution is 7.99. The summed E-state index contributed by atoms with van der Waals surface area (Å²) in [5, 5.41) is 15.6. The molecule has 0 aliphatic rings. The van der Waals surface area contributed by atoms with Crippen molar-refractivity contribution >= 4 is 23.7 Å². The van der Waals surface area contributed by atoms with Gasteiger partial charge in [0, 0.05) is 5.56 Å². The Morgan fingerprint density at radius 1 is 1.07 bits per heavy atom. The van der Waals surface area contributed by atoms with Gasteiger partial charge >= 0.3 is 6.01 Å². The van der Waals surface area contributed by atoms with Crippen LogP contribution in [0.2, 0.25) is 0 Å². The Bertz CT molecular complexity index is 1190. The first-order chi connectivity index (χ1) is 14.5. The predicted octanol–water partition coefficient (Wildman–Crippen LogP) is 3.97. The lowest BCUT2D eigenvalue weighted by molar-refractivity contribution is -0.114. The van der Waals surface area contributed by atoms with Gasteiger partial charge in [-0.3, -0.25) is 14.7 Å². The largest absolute Gasteiger partial charge is 0.328 e. The summed E-state index contributed by atoms with van der Waals surface area (Å²) in [6.07, 6.45) is 0. The van der Waals surface area contributed by atoms with Crippen LogP contribution < -0.4 is 5.32 Å². The monoisotopic (exact) mass is 420 g/mol. The Morgan fingerprint density at radius 2 is 1.87 bits per heavy atom. The van der Waals surface area contributed by atoms with Gasteiger partial charge in [0.25, 0.3) is 0 Å². The third kappa shape index (κ3) is 4.25. The molecule has 0 saturated carbocycles. The zero-order valence-electron chi connectivity index (χ0n) is 16.8. The Labute approximate surface area is 177 Å². The number of rotatable bonds is 6. The fourth-order valence-electron chi connectivity index (χ4n) is 2.87. The maximum absolute atomic E-state index is 12.3. The Morgan fingerprint density at radius 3 is 2.57 bits per heavy atom. The minimum Gasteiger partial charge on any atom is -0.315 e. The molecule has 0 aliphatic heterocycles. The number of benzene rings is 2. The van der Waals surface area contributed by atoms with Crippen molar-refractivity contribution < 1.29 is 9.32 Å². The van der Waals surface area contributed by atoms with Gasteiger partial charge in [0.05, 0.1) is 11.4 Å². The topological polar surface area (TPSA) is 98.7 Å². The van der Waals surface area contributed by atoms with Gasteiger partial charge in [-0.2, -0.15) is 4.98 Å². The highest BCUT2D eigenvalue weighted by Gasteiger charge is 2.18. The van der Waals surface area contributed by atoms with E-state index in [1.165, 1.54) is 22.9 Å². The molecule has 0 spiro atoms. The molecule has 1 N–H and O–H groups in total. The maximum Gasteiger partial charge on any atom is 0.328 e. The minimum atomic E-state index is -0.264. The molecule has 30 heavy (non-hydrogen) atoms. The summed E-state index contributed by atoms with van der Waals surface area (Å²) >= 11 is 1.29. The molecule has 0 atom stereocenters. The quantitative estimate of drug-likeness (QED) is 0.471. The van der Waals surface area contributed by atoms with E-state index in [1.54, 1.807) is 6.92 Å². The summed E-state index contributed by atoms with van der Waals surface area (Å²) in [7, 11) is 0. The average molecular weight is 420 g/mol. The molecular formula is C21H20N6O2S. The summed E-state index contributed by atoms with van der Waals surface area (Å²) in [6.45, 7) is 5.83. The lowest BCUT2D eigenvalue weighted by Gasteiger charge is -2.12. The van der Waals surface area contributed by atoms with Crippen LogP contribution in [0.1, 0.15) is 17.0 Å². The number of thioether (sulfide) groups is 1. The van der Waals surface area contributed by atoms with Crippen molar-refractivity contribution in [1.29, 1.82) is 0 Å². The summed E-state index contributed by atoms with van der Waals surface area (Å²) < 4.78 is 6.90. The number of nitrogens with zero attached hydrogens (tertiary/aromatic N) is 5. The second kappa shape index (κ2) is 8.50. The number of carbonyl (C=O) groups excluding carboxylic acids is 1. The highest BCUT2D eigenvalue weighted by Crippen LogP contribution is 2.28. The van der Waals surface area contributed by atoms with Crippen molar-refractivity contribution in [2.45, 2.75) is 25.9 Å². The van der Waals surface area contributed by atoms with Gasteiger partial charge in [0.15, 0.2) is 16.8 Å². The lowest BCUT2D eigenvalue weighted by Crippen LogP contribution is -2.15. The molecule has 4 rings (SSSR count). The molecule has 0 bridgehead atoms. The van der Waals surface area contributed by atoms with Crippen molar-refractivity contribution in [2.75, 3.05) is 11.1 Å². The molecule has 8 nitrogen and oxygen atoms in total. The minimum absolute atomic E-state index is 0.0821. The van der Waals surface area contributed by atoms with Crippen molar-refractivity contribution in [3.05, 3.63) is 65.5 Å². The van der Waals surface area contributed by atoms with E-state index in [4.69, 9.17) is 4.52 Å². The first-order valence-electron chi connectivity index (χ1n) is 9.32. The fourth-order valence-corrected chi connectivity index (χ4v) is 3.62. The molecule has 2 aromatic heterocycles. The van der Waals surface area contributed by atoms with Gasteiger partial charge in [-0.25, -0.2) is 0 Å². The lowest BCUT2D eigenvalue weighted by atomic mass is 10.1. The van der Waals surface area contributed by atoms with Gasteiger partial charge in [-0.05, 0) is 44.0 Å². The summed E-state index contributed by atoms with van der Waals surface area (Å²) in [6, 6.07) is 16.1. The van der Waals surface area contributed by atoms with Crippen LogP contribution in [0, 0.1) is 20.8 Å². The van der Waals surface area contributed by atoms with Gasteiger partial charge in [-0.1, -0.05) is 53.3 Å². The van der Waals surface area contributed by atoms with E-state index in [9.17, 15) is 4.79 Å². The van der Waals surface area contributed by atoms with Gasteiger partial charge in [0.2, 0.25) is 5.91 Å².